The molecule has 0 amide bonds. The molecule has 1 heterocycles. The summed E-state index contributed by atoms with van der Waals surface area (Å²) in [6.07, 6.45) is 1.63. The average Bonchev–Trinajstić information content (AvgIpc) is 2.67. The number of hydrogen-bond donors (Lipinski definition) is 0. The molecule has 29 heavy (non-hydrogen) atoms. The van der Waals surface area contributed by atoms with E-state index in [-0.39, 0.29) is 11.4 Å². The minimum Gasteiger partial charge on any atom is -0.497 e. The molecule has 0 atom stereocenters. The first-order chi connectivity index (χ1) is 13.6. The van der Waals surface area contributed by atoms with Crippen LogP contribution in [-0.2, 0) is 16.6 Å². The van der Waals surface area contributed by atoms with Crippen molar-refractivity contribution in [3.63, 3.8) is 0 Å². The van der Waals surface area contributed by atoms with E-state index in [9.17, 15) is 8.42 Å². The van der Waals surface area contributed by atoms with Gasteiger partial charge in [-0.05, 0) is 62.7 Å². The van der Waals surface area contributed by atoms with E-state index in [2.05, 4.69) is 4.98 Å². The molecule has 0 bridgehead atoms. The summed E-state index contributed by atoms with van der Waals surface area (Å²) in [5, 5.41) is 0.534. The molecule has 0 saturated heterocycles. The van der Waals surface area contributed by atoms with Crippen LogP contribution < -0.4 is 9.47 Å². The Labute approximate surface area is 172 Å². The molecule has 0 N–H and O–H groups in total. The zero-order valence-corrected chi connectivity index (χ0v) is 18.2. The molecule has 0 aliphatic heterocycles. The molecular formula is C22H26N2O4S. The lowest BCUT2D eigenvalue weighted by molar-refractivity contribution is 0.133. The highest BCUT2D eigenvalue weighted by atomic mass is 32.2. The molecule has 3 aromatic rings. The quantitative estimate of drug-likeness (QED) is 0.603. The number of ether oxygens (including phenoxy) is 2. The summed E-state index contributed by atoms with van der Waals surface area (Å²) in [6, 6.07) is 14.1. The first kappa shape index (κ1) is 21.1. The number of rotatable bonds is 6. The topological polar surface area (TPSA) is 68.7 Å². The standard InChI is InChI=1S/C22H26N2O4S/c1-22(2,3)28-19-11-12-20(18-10-7-13-23-21(18)19)29(25,26)24(4)15-16-8-6-9-17(14-16)27-5/h6-14H,15H2,1-5H3. The van der Waals surface area contributed by atoms with Crippen molar-refractivity contribution < 1.29 is 17.9 Å². The maximum atomic E-state index is 13.3. The fraction of sp³-hybridized carbons (Fsp3) is 0.318. The van der Waals surface area contributed by atoms with Crippen LogP contribution in [0.25, 0.3) is 10.9 Å². The van der Waals surface area contributed by atoms with E-state index in [1.807, 2.05) is 45.0 Å². The molecule has 6 nitrogen and oxygen atoms in total. The number of nitrogens with zero attached hydrogens (tertiary/aromatic N) is 2. The lowest BCUT2D eigenvalue weighted by atomic mass is 10.1. The highest BCUT2D eigenvalue weighted by Crippen LogP contribution is 2.33. The van der Waals surface area contributed by atoms with Crippen LogP contribution in [0.2, 0.25) is 0 Å². The summed E-state index contributed by atoms with van der Waals surface area (Å²) in [5.41, 5.74) is 0.942. The Morgan fingerprint density at radius 2 is 1.83 bits per heavy atom. The van der Waals surface area contributed by atoms with Gasteiger partial charge in [-0.1, -0.05) is 12.1 Å². The van der Waals surface area contributed by atoms with Crippen LogP contribution in [0.15, 0.2) is 59.6 Å². The van der Waals surface area contributed by atoms with E-state index in [0.29, 0.717) is 22.4 Å². The number of fused-ring (bicyclic) bond motifs is 1. The van der Waals surface area contributed by atoms with Gasteiger partial charge in [0.15, 0.2) is 0 Å². The summed E-state index contributed by atoms with van der Waals surface area (Å²) in [4.78, 5) is 4.58. The van der Waals surface area contributed by atoms with Gasteiger partial charge in [-0.3, -0.25) is 4.98 Å². The maximum Gasteiger partial charge on any atom is 0.243 e. The monoisotopic (exact) mass is 414 g/mol. The molecular weight excluding hydrogens is 388 g/mol. The Balaban J connectivity index is 2.01. The van der Waals surface area contributed by atoms with Crippen LogP contribution in [0, 0.1) is 0 Å². The molecule has 0 spiro atoms. The smallest absolute Gasteiger partial charge is 0.243 e. The first-order valence-corrected chi connectivity index (χ1v) is 10.7. The Morgan fingerprint density at radius 3 is 2.52 bits per heavy atom. The number of sulfonamides is 1. The Kier molecular flexibility index (Phi) is 5.82. The van der Waals surface area contributed by atoms with Crippen LogP contribution in [-0.4, -0.2) is 37.5 Å². The van der Waals surface area contributed by atoms with Crippen molar-refractivity contribution >= 4 is 20.9 Å². The molecule has 0 saturated carbocycles. The van der Waals surface area contributed by atoms with Gasteiger partial charge in [0.2, 0.25) is 10.0 Å². The second-order valence-electron chi connectivity index (χ2n) is 7.79. The van der Waals surface area contributed by atoms with Gasteiger partial charge in [0.1, 0.15) is 22.6 Å². The van der Waals surface area contributed by atoms with Crippen molar-refractivity contribution in [3.05, 3.63) is 60.3 Å². The zero-order valence-electron chi connectivity index (χ0n) is 17.3. The fourth-order valence-electron chi connectivity index (χ4n) is 3.04. The zero-order chi connectivity index (χ0) is 21.2. The average molecular weight is 415 g/mol. The van der Waals surface area contributed by atoms with Crippen molar-refractivity contribution in [1.29, 1.82) is 0 Å². The number of hydrogen-bond acceptors (Lipinski definition) is 5. The van der Waals surface area contributed by atoms with E-state index < -0.39 is 15.6 Å². The SMILES string of the molecule is COc1cccc(CN(C)S(=O)(=O)c2ccc(OC(C)(C)C)c3ncccc23)c1. The van der Waals surface area contributed by atoms with Crippen LogP contribution in [0.1, 0.15) is 26.3 Å². The Morgan fingerprint density at radius 1 is 1.07 bits per heavy atom. The summed E-state index contributed by atoms with van der Waals surface area (Å²) in [5.74, 6) is 1.24. The van der Waals surface area contributed by atoms with Crippen molar-refractivity contribution in [1.82, 2.24) is 9.29 Å². The summed E-state index contributed by atoms with van der Waals surface area (Å²) in [6.45, 7) is 6.04. The molecule has 2 aromatic carbocycles. The van der Waals surface area contributed by atoms with Gasteiger partial charge in [-0.2, -0.15) is 4.31 Å². The van der Waals surface area contributed by atoms with Gasteiger partial charge in [0.05, 0.1) is 12.0 Å². The van der Waals surface area contributed by atoms with Gasteiger partial charge in [-0.25, -0.2) is 8.42 Å². The third-order valence-corrected chi connectivity index (χ3v) is 6.20. The molecule has 3 rings (SSSR count). The van der Waals surface area contributed by atoms with E-state index in [1.165, 1.54) is 4.31 Å². The normalized spacial score (nSPS) is 12.3. The maximum absolute atomic E-state index is 13.3. The summed E-state index contributed by atoms with van der Waals surface area (Å²) < 4.78 is 39.2. The largest absolute Gasteiger partial charge is 0.497 e. The van der Waals surface area contributed by atoms with E-state index >= 15 is 0 Å². The lowest BCUT2D eigenvalue weighted by Crippen LogP contribution is -2.27. The molecule has 1 aromatic heterocycles. The number of pyridine rings is 1. The third-order valence-electron chi connectivity index (χ3n) is 4.34. The lowest BCUT2D eigenvalue weighted by Gasteiger charge is -2.23. The molecule has 0 unspecified atom stereocenters. The van der Waals surface area contributed by atoms with Gasteiger partial charge in [0, 0.05) is 25.2 Å². The summed E-state index contributed by atoms with van der Waals surface area (Å²) >= 11 is 0. The second-order valence-corrected chi connectivity index (χ2v) is 9.80. The van der Waals surface area contributed by atoms with Crippen LogP contribution in [0.5, 0.6) is 11.5 Å². The molecule has 154 valence electrons. The van der Waals surface area contributed by atoms with Gasteiger partial charge >= 0.3 is 0 Å². The molecule has 0 aliphatic carbocycles. The highest BCUT2D eigenvalue weighted by Gasteiger charge is 2.25. The second kappa shape index (κ2) is 8.00. The summed E-state index contributed by atoms with van der Waals surface area (Å²) in [7, 11) is -0.598. The minimum atomic E-state index is -3.75. The van der Waals surface area contributed by atoms with Gasteiger partial charge < -0.3 is 9.47 Å². The van der Waals surface area contributed by atoms with Crippen molar-refractivity contribution in [3.8, 4) is 11.5 Å². The molecule has 7 heteroatoms. The van der Waals surface area contributed by atoms with E-state index in [1.54, 1.807) is 44.6 Å². The Bertz CT molecular complexity index is 1120. The van der Waals surface area contributed by atoms with E-state index in [0.717, 1.165) is 5.56 Å². The van der Waals surface area contributed by atoms with Crippen molar-refractivity contribution in [2.75, 3.05) is 14.2 Å². The van der Waals surface area contributed by atoms with Crippen LogP contribution in [0.3, 0.4) is 0 Å². The van der Waals surface area contributed by atoms with Crippen molar-refractivity contribution in [2.45, 2.75) is 37.8 Å². The molecule has 0 radical (unpaired) electrons. The van der Waals surface area contributed by atoms with Gasteiger partial charge in [0.25, 0.3) is 0 Å². The predicted molar refractivity (Wildman–Crippen MR) is 114 cm³/mol. The fourth-order valence-corrected chi connectivity index (χ4v) is 4.38. The van der Waals surface area contributed by atoms with Gasteiger partial charge in [-0.15, -0.1) is 0 Å². The minimum absolute atomic E-state index is 0.201. The molecule has 0 fully saturated rings. The van der Waals surface area contributed by atoms with E-state index in [4.69, 9.17) is 9.47 Å². The Hall–Kier alpha value is -2.64. The van der Waals surface area contributed by atoms with Crippen LogP contribution in [0.4, 0.5) is 0 Å². The highest BCUT2D eigenvalue weighted by molar-refractivity contribution is 7.89. The van der Waals surface area contributed by atoms with Crippen molar-refractivity contribution in [2.24, 2.45) is 0 Å². The molecule has 0 aliphatic rings. The number of aromatic nitrogens is 1. The van der Waals surface area contributed by atoms with Crippen LogP contribution >= 0.6 is 0 Å². The predicted octanol–water partition coefficient (Wildman–Crippen LogP) is 4.24. The number of benzene rings is 2. The first-order valence-electron chi connectivity index (χ1n) is 9.28. The third kappa shape index (κ3) is 4.68. The number of methoxy groups -OCH3 is 1.